The summed E-state index contributed by atoms with van der Waals surface area (Å²) in [6.07, 6.45) is -12.0. The molecule has 0 atom stereocenters. The largest absolute Gasteiger partial charge is 0.416 e. The molecule has 0 heterocycles. The lowest BCUT2D eigenvalue weighted by molar-refractivity contribution is -0.308. The van der Waals surface area contributed by atoms with Crippen molar-refractivity contribution in [3.8, 4) is 0 Å². The maximum absolute atomic E-state index is 11.6. The molecule has 68 valence electrons. The lowest BCUT2D eigenvalue weighted by atomic mass is 10.6. The summed E-state index contributed by atoms with van der Waals surface area (Å²) >= 11 is 0. The molecule has 0 radical (unpaired) electrons. The van der Waals surface area contributed by atoms with Gasteiger partial charge < -0.3 is 4.74 Å². The summed E-state index contributed by atoms with van der Waals surface area (Å²) in [5, 5.41) is 0. The molecule has 0 aromatic heterocycles. The predicted octanol–water partition coefficient (Wildman–Crippen LogP) is 2.13. The van der Waals surface area contributed by atoms with Crippen LogP contribution >= 0.6 is 0 Å². The molecule has 0 spiro atoms. The van der Waals surface area contributed by atoms with Crippen LogP contribution in [0.5, 0.6) is 0 Å². The van der Waals surface area contributed by atoms with E-state index < -0.39 is 25.6 Å². The molecule has 0 fully saturated rings. The van der Waals surface area contributed by atoms with Gasteiger partial charge in [-0.1, -0.05) is 0 Å². The molecule has 0 aliphatic rings. The molecular weight excluding hydrogens is 178 g/mol. The summed E-state index contributed by atoms with van der Waals surface area (Å²) in [5.74, 6) is 0. The third-order valence-electron chi connectivity index (χ3n) is 0.656. The number of halogens is 6. The molecule has 0 aromatic carbocycles. The average Bonchev–Trinajstić information content (AvgIpc) is 1.84. The highest BCUT2D eigenvalue weighted by Crippen LogP contribution is 2.24. The van der Waals surface area contributed by atoms with Crippen molar-refractivity contribution in [1.29, 1.82) is 0 Å². The number of hydrogen-bond donors (Lipinski definition) is 0. The van der Waals surface area contributed by atoms with Gasteiger partial charge in [-0.25, -0.2) is 17.6 Å². The van der Waals surface area contributed by atoms with Gasteiger partial charge >= 0.3 is 12.5 Å². The highest BCUT2D eigenvalue weighted by atomic mass is 19.3. The number of hydrogen-bond acceptors (Lipinski definition) is 1. The highest BCUT2D eigenvalue weighted by molar-refractivity contribution is 4.54. The van der Waals surface area contributed by atoms with E-state index in [9.17, 15) is 26.3 Å². The maximum atomic E-state index is 11.6. The van der Waals surface area contributed by atoms with Gasteiger partial charge in [-0.2, -0.15) is 8.78 Å². The van der Waals surface area contributed by atoms with Gasteiger partial charge in [0.25, 0.3) is 6.43 Å². The lowest BCUT2D eigenvalue weighted by Gasteiger charge is -2.14. The monoisotopic (exact) mass is 182 g/mol. The zero-order valence-electron chi connectivity index (χ0n) is 5.04. The Balaban J connectivity index is 3.73. The van der Waals surface area contributed by atoms with Crippen LogP contribution in [0.1, 0.15) is 0 Å². The standard InChI is InChI=1S/C4H4F6O/c5-2(6)1-11-4(9,10)3(7)8/h2-3H,1H2. The quantitative estimate of drug-likeness (QED) is 0.605. The van der Waals surface area contributed by atoms with E-state index in [1.165, 1.54) is 0 Å². The summed E-state index contributed by atoms with van der Waals surface area (Å²) in [7, 11) is 0. The van der Waals surface area contributed by atoms with Crippen LogP contribution in [0, 0.1) is 0 Å². The molecule has 7 heteroatoms. The Labute approximate surface area is 57.9 Å². The second-order valence-electron chi connectivity index (χ2n) is 1.56. The Morgan fingerprint density at radius 1 is 1.09 bits per heavy atom. The fourth-order valence-electron chi connectivity index (χ4n) is 0.237. The predicted molar refractivity (Wildman–Crippen MR) is 22.9 cm³/mol. The van der Waals surface area contributed by atoms with E-state index in [0.29, 0.717) is 0 Å². The molecule has 0 aliphatic carbocycles. The van der Waals surface area contributed by atoms with Crippen molar-refractivity contribution in [3.63, 3.8) is 0 Å². The molecule has 0 aliphatic heterocycles. The Hall–Kier alpha value is -0.460. The van der Waals surface area contributed by atoms with Crippen LogP contribution in [0.2, 0.25) is 0 Å². The van der Waals surface area contributed by atoms with Crippen LogP contribution in [0.3, 0.4) is 0 Å². The first-order valence-electron chi connectivity index (χ1n) is 2.44. The van der Waals surface area contributed by atoms with E-state index in [1.54, 1.807) is 0 Å². The van der Waals surface area contributed by atoms with Crippen LogP contribution in [0.15, 0.2) is 0 Å². The van der Waals surface area contributed by atoms with Crippen molar-refractivity contribution < 1.29 is 31.1 Å². The van der Waals surface area contributed by atoms with E-state index in [-0.39, 0.29) is 0 Å². The topological polar surface area (TPSA) is 9.23 Å². The fourth-order valence-corrected chi connectivity index (χ4v) is 0.237. The van der Waals surface area contributed by atoms with Crippen LogP contribution in [-0.2, 0) is 4.74 Å². The van der Waals surface area contributed by atoms with Gasteiger partial charge in [0, 0.05) is 0 Å². The van der Waals surface area contributed by atoms with Gasteiger partial charge in [0.15, 0.2) is 0 Å². The molecule has 0 aromatic rings. The van der Waals surface area contributed by atoms with Gasteiger partial charge in [0.2, 0.25) is 0 Å². The molecule has 0 N–H and O–H groups in total. The minimum Gasteiger partial charge on any atom is -0.310 e. The highest BCUT2D eigenvalue weighted by Gasteiger charge is 2.42. The van der Waals surface area contributed by atoms with Crippen molar-refractivity contribution >= 4 is 0 Å². The molecule has 0 saturated heterocycles. The zero-order valence-corrected chi connectivity index (χ0v) is 5.04. The van der Waals surface area contributed by atoms with E-state index in [2.05, 4.69) is 4.74 Å². The first kappa shape index (κ1) is 10.5. The molecule has 0 saturated carbocycles. The Kier molecular flexibility index (Phi) is 3.64. The van der Waals surface area contributed by atoms with Crippen LogP contribution in [0.25, 0.3) is 0 Å². The maximum Gasteiger partial charge on any atom is 0.416 e. The summed E-state index contributed by atoms with van der Waals surface area (Å²) < 4.78 is 70.7. The molecule has 0 unspecified atom stereocenters. The minimum atomic E-state index is -4.78. The number of ether oxygens (including phenoxy) is 1. The summed E-state index contributed by atoms with van der Waals surface area (Å²) in [6.45, 7) is -1.70. The van der Waals surface area contributed by atoms with Crippen molar-refractivity contribution in [1.82, 2.24) is 0 Å². The van der Waals surface area contributed by atoms with Gasteiger partial charge in [0.1, 0.15) is 6.61 Å². The van der Waals surface area contributed by atoms with Crippen molar-refractivity contribution in [3.05, 3.63) is 0 Å². The molecule has 0 rings (SSSR count). The smallest absolute Gasteiger partial charge is 0.310 e. The lowest BCUT2D eigenvalue weighted by Crippen LogP contribution is -2.31. The Bertz CT molecular complexity index is 113. The van der Waals surface area contributed by atoms with E-state index in [0.717, 1.165) is 0 Å². The van der Waals surface area contributed by atoms with Gasteiger partial charge in [-0.15, -0.1) is 0 Å². The first-order chi connectivity index (χ1) is 4.86. The van der Waals surface area contributed by atoms with Gasteiger partial charge in [-0.05, 0) is 0 Å². The summed E-state index contributed by atoms with van der Waals surface area (Å²) in [5.41, 5.74) is 0. The molecule has 11 heavy (non-hydrogen) atoms. The summed E-state index contributed by atoms with van der Waals surface area (Å²) in [4.78, 5) is 0. The number of alkyl halides is 6. The normalized spacial score (nSPS) is 13.1. The van der Waals surface area contributed by atoms with E-state index in [4.69, 9.17) is 0 Å². The SMILES string of the molecule is FC(F)COC(F)(F)C(F)F. The van der Waals surface area contributed by atoms with E-state index in [1.807, 2.05) is 0 Å². The number of rotatable bonds is 4. The minimum absolute atomic E-state index is 1.70. The first-order valence-corrected chi connectivity index (χ1v) is 2.44. The van der Waals surface area contributed by atoms with Crippen LogP contribution in [0.4, 0.5) is 26.3 Å². The summed E-state index contributed by atoms with van der Waals surface area (Å²) in [6, 6.07) is 0. The zero-order chi connectivity index (χ0) is 9.07. The Morgan fingerprint density at radius 2 is 1.55 bits per heavy atom. The molecular formula is C4H4F6O. The Morgan fingerprint density at radius 3 is 1.82 bits per heavy atom. The van der Waals surface area contributed by atoms with Crippen LogP contribution in [-0.4, -0.2) is 25.6 Å². The average molecular weight is 182 g/mol. The molecule has 0 amide bonds. The second kappa shape index (κ2) is 3.80. The molecule has 0 bridgehead atoms. The second-order valence-corrected chi connectivity index (χ2v) is 1.56. The van der Waals surface area contributed by atoms with Crippen molar-refractivity contribution in [2.45, 2.75) is 19.0 Å². The van der Waals surface area contributed by atoms with Gasteiger partial charge in [0.05, 0.1) is 0 Å². The van der Waals surface area contributed by atoms with Gasteiger partial charge in [-0.3, -0.25) is 0 Å². The molecule has 1 nitrogen and oxygen atoms in total. The van der Waals surface area contributed by atoms with Crippen LogP contribution < -0.4 is 0 Å². The third-order valence-corrected chi connectivity index (χ3v) is 0.656. The van der Waals surface area contributed by atoms with Crippen molar-refractivity contribution in [2.24, 2.45) is 0 Å². The van der Waals surface area contributed by atoms with Crippen molar-refractivity contribution in [2.75, 3.05) is 6.61 Å². The fraction of sp³-hybridized carbons (Fsp3) is 1.00. The third kappa shape index (κ3) is 4.07. The van der Waals surface area contributed by atoms with E-state index >= 15 is 0 Å².